The Kier molecular flexibility index (Phi) is 2.55. The van der Waals surface area contributed by atoms with E-state index in [0.717, 1.165) is 16.2 Å². The molecule has 0 radical (unpaired) electrons. The Balaban J connectivity index is 2.36. The van der Waals surface area contributed by atoms with E-state index in [2.05, 4.69) is 5.32 Å². The van der Waals surface area contributed by atoms with Gasteiger partial charge in [-0.25, -0.2) is 0 Å². The number of carbonyl (C=O) groups excluding carboxylic acids is 1. The molecule has 0 aliphatic carbocycles. The number of anilines is 1. The molecule has 0 spiro atoms. The van der Waals surface area contributed by atoms with Crippen LogP contribution < -0.4 is 10.1 Å². The lowest BCUT2D eigenvalue weighted by atomic mass is 9.94. The highest BCUT2D eigenvalue weighted by Gasteiger charge is 2.31. The number of ether oxygens (including phenoxy) is 1. The van der Waals surface area contributed by atoms with Crippen molar-refractivity contribution in [1.29, 1.82) is 0 Å². The molecule has 3 N–H and O–H groups in total. The highest BCUT2D eigenvalue weighted by atomic mass is 16.5. The summed E-state index contributed by atoms with van der Waals surface area (Å²) >= 11 is 0. The fourth-order valence-electron chi connectivity index (χ4n) is 3.25. The monoisotopic (exact) mass is 295 g/mol. The maximum absolute atomic E-state index is 12.2. The molecule has 1 aliphatic heterocycles. The normalized spacial score (nSPS) is 12.9. The summed E-state index contributed by atoms with van der Waals surface area (Å²) < 4.78 is 5.45. The molecule has 0 saturated heterocycles. The van der Waals surface area contributed by atoms with Gasteiger partial charge in [0.25, 0.3) is 5.91 Å². The molecule has 110 valence electrons. The van der Waals surface area contributed by atoms with Crippen LogP contribution in [0.5, 0.6) is 11.5 Å². The van der Waals surface area contributed by atoms with E-state index in [9.17, 15) is 15.0 Å². The topological polar surface area (TPSA) is 78.8 Å². The number of rotatable bonds is 2. The zero-order valence-corrected chi connectivity index (χ0v) is 11.8. The highest BCUT2D eigenvalue weighted by molar-refractivity contribution is 6.31. The summed E-state index contributed by atoms with van der Waals surface area (Å²) in [6.07, 6.45) is 0. The van der Waals surface area contributed by atoms with Crippen molar-refractivity contribution in [2.75, 3.05) is 12.4 Å². The van der Waals surface area contributed by atoms with Crippen LogP contribution in [0.15, 0.2) is 30.3 Å². The number of benzene rings is 3. The van der Waals surface area contributed by atoms with Crippen LogP contribution in [0.3, 0.4) is 0 Å². The quantitative estimate of drug-likeness (QED) is 0.635. The Morgan fingerprint density at radius 1 is 1.23 bits per heavy atom. The Labute approximate surface area is 125 Å². The lowest BCUT2D eigenvalue weighted by Gasteiger charge is -2.15. The number of aliphatic hydroxyl groups is 1. The lowest BCUT2D eigenvalue weighted by molar-refractivity contribution is 0.102. The van der Waals surface area contributed by atoms with Crippen LogP contribution in [0, 0.1) is 0 Å². The minimum atomic E-state index is -0.413. The van der Waals surface area contributed by atoms with Crippen molar-refractivity contribution in [2.24, 2.45) is 0 Å². The third-order valence-electron chi connectivity index (χ3n) is 4.16. The van der Waals surface area contributed by atoms with Crippen LogP contribution in [0.1, 0.15) is 15.9 Å². The fraction of sp³-hybridized carbons (Fsp3) is 0.118. The second-order valence-corrected chi connectivity index (χ2v) is 5.24. The van der Waals surface area contributed by atoms with Crippen LogP contribution in [-0.4, -0.2) is 23.2 Å². The number of hydrogen-bond acceptors (Lipinski definition) is 4. The van der Waals surface area contributed by atoms with Gasteiger partial charge < -0.3 is 20.3 Å². The summed E-state index contributed by atoms with van der Waals surface area (Å²) in [5, 5.41) is 26.0. The SMILES string of the molecule is COc1c(CO)c(O)c2c3c(cc4ccccc4c13)NC2=O. The molecule has 3 aromatic carbocycles. The smallest absolute Gasteiger partial charge is 0.260 e. The van der Waals surface area contributed by atoms with Gasteiger partial charge in [-0.2, -0.15) is 0 Å². The van der Waals surface area contributed by atoms with E-state index in [1.54, 1.807) is 0 Å². The van der Waals surface area contributed by atoms with Gasteiger partial charge in [0.2, 0.25) is 0 Å². The van der Waals surface area contributed by atoms with E-state index < -0.39 is 6.61 Å². The Morgan fingerprint density at radius 3 is 2.73 bits per heavy atom. The van der Waals surface area contributed by atoms with Gasteiger partial charge >= 0.3 is 0 Å². The van der Waals surface area contributed by atoms with Crippen LogP contribution in [0.25, 0.3) is 21.5 Å². The number of carbonyl (C=O) groups is 1. The molecule has 5 nitrogen and oxygen atoms in total. The average molecular weight is 295 g/mol. The Morgan fingerprint density at radius 2 is 2.00 bits per heavy atom. The largest absolute Gasteiger partial charge is 0.507 e. The first-order valence-corrected chi connectivity index (χ1v) is 6.86. The molecule has 0 bridgehead atoms. The number of fused-ring (bicyclic) bond motifs is 2. The van der Waals surface area contributed by atoms with E-state index in [1.165, 1.54) is 7.11 Å². The third kappa shape index (κ3) is 1.43. The maximum Gasteiger partial charge on any atom is 0.260 e. The highest BCUT2D eigenvalue weighted by Crippen LogP contribution is 2.49. The number of methoxy groups -OCH3 is 1. The molecule has 1 aliphatic rings. The fourth-order valence-corrected chi connectivity index (χ4v) is 3.25. The van der Waals surface area contributed by atoms with Gasteiger partial charge in [-0.05, 0) is 16.8 Å². The summed E-state index contributed by atoms with van der Waals surface area (Å²) in [7, 11) is 1.49. The van der Waals surface area contributed by atoms with E-state index in [-0.39, 0.29) is 22.8 Å². The van der Waals surface area contributed by atoms with Gasteiger partial charge in [0, 0.05) is 10.8 Å². The van der Waals surface area contributed by atoms with Crippen molar-refractivity contribution in [3.05, 3.63) is 41.5 Å². The molecule has 22 heavy (non-hydrogen) atoms. The molecule has 0 saturated carbocycles. The molecular formula is C17H13NO4. The van der Waals surface area contributed by atoms with Gasteiger partial charge in [0.05, 0.1) is 30.5 Å². The van der Waals surface area contributed by atoms with Gasteiger partial charge in [0.1, 0.15) is 11.5 Å². The van der Waals surface area contributed by atoms with Crippen LogP contribution in [-0.2, 0) is 6.61 Å². The van der Waals surface area contributed by atoms with Crippen molar-refractivity contribution in [3.63, 3.8) is 0 Å². The molecule has 1 amide bonds. The molecule has 0 unspecified atom stereocenters. The first-order valence-electron chi connectivity index (χ1n) is 6.86. The molecule has 0 atom stereocenters. The van der Waals surface area contributed by atoms with E-state index in [0.29, 0.717) is 16.8 Å². The number of nitrogens with one attached hydrogen (secondary N) is 1. The lowest BCUT2D eigenvalue weighted by Crippen LogP contribution is -2.05. The Hall–Kier alpha value is -2.79. The number of aromatic hydroxyl groups is 1. The average Bonchev–Trinajstić information content (AvgIpc) is 2.86. The minimum Gasteiger partial charge on any atom is -0.507 e. The van der Waals surface area contributed by atoms with Gasteiger partial charge in [0.15, 0.2) is 0 Å². The minimum absolute atomic E-state index is 0.195. The summed E-state index contributed by atoms with van der Waals surface area (Å²) in [6, 6.07) is 9.57. The molecule has 0 fully saturated rings. The standard InChI is InChI=1S/C17H13NO4/c1-22-16-10(7-19)15(20)14-13-11(18-17(14)21)6-8-4-2-3-5-9(8)12(13)16/h2-6,19-20H,7H2,1H3,(H,18,21). The number of phenols is 1. The molecule has 5 heteroatoms. The summed E-state index contributed by atoms with van der Waals surface area (Å²) in [5.74, 6) is -0.197. The number of amides is 1. The zero-order valence-electron chi connectivity index (χ0n) is 11.8. The van der Waals surface area contributed by atoms with Crippen molar-refractivity contribution >= 4 is 33.1 Å². The summed E-state index contributed by atoms with van der Waals surface area (Å²) in [6.45, 7) is -0.413. The van der Waals surface area contributed by atoms with Crippen molar-refractivity contribution in [2.45, 2.75) is 6.61 Å². The number of hydrogen-bond donors (Lipinski definition) is 3. The van der Waals surface area contributed by atoms with Crippen LogP contribution in [0.2, 0.25) is 0 Å². The predicted molar refractivity (Wildman–Crippen MR) is 83.5 cm³/mol. The van der Waals surface area contributed by atoms with Gasteiger partial charge in [-0.3, -0.25) is 4.79 Å². The first kappa shape index (κ1) is 12.9. The summed E-state index contributed by atoms with van der Waals surface area (Å²) in [5.41, 5.74) is 1.07. The van der Waals surface area contributed by atoms with Gasteiger partial charge in [-0.1, -0.05) is 24.3 Å². The first-order chi connectivity index (χ1) is 10.7. The predicted octanol–water partition coefficient (Wildman–Crippen LogP) is 2.77. The van der Waals surface area contributed by atoms with Crippen LogP contribution >= 0.6 is 0 Å². The maximum atomic E-state index is 12.2. The molecule has 3 aromatic rings. The molecule has 0 aromatic heterocycles. The van der Waals surface area contributed by atoms with Gasteiger partial charge in [-0.15, -0.1) is 0 Å². The second kappa shape index (κ2) is 4.35. The van der Waals surface area contributed by atoms with Crippen LogP contribution in [0.4, 0.5) is 5.69 Å². The molecular weight excluding hydrogens is 282 g/mol. The number of aliphatic hydroxyl groups excluding tert-OH is 1. The molecule has 4 rings (SSSR count). The third-order valence-corrected chi connectivity index (χ3v) is 4.16. The Bertz CT molecular complexity index is 962. The summed E-state index contributed by atoms with van der Waals surface area (Å²) in [4.78, 5) is 12.2. The van der Waals surface area contributed by atoms with E-state index in [1.807, 2.05) is 30.3 Å². The molecule has 1 heterocycles. The van der Waals surface area contributed by atoms with E-state index >= 15 is 0 Å². The van der Waals surface area contributed by atoms with Crippen molar-refractivity contribution < 1.29 is 19.7 Å². The second-order valence-electron chi connectivity index (χ2n) is 5.24. The van der Waals surface area contributed by atoms with E-state index in [4.69, 9.17) is 4.74 Å². The van der Waals surface area contributed by atoms with Crippen molar-refractivity contribution in [1.82, 2.24) is 0 Å². The van der Waals surface area contributed by atoms with Crippen molar-refractivity contribution in [3.8, 4) is 11.5 Å². The zero-order chi connectivity index (χ0) is 15.4.